The van der Waals surface area contributed by atoms with Gasteiger partial charge in [-0.1, -0.05) is 24.3 Å². The molecule has 0 aliphatic rings. The van der Waals surface area contributed by atoms with E-state index in [9.17, 15) is 4.79 Å². The highest BCUT2D eigenvalue weighted by atomic mass is 16.5. The van der Waals surface area contributed by atoms with E-state index in [4.69, 9.17) is 9.47 Å². The average molecular weight is 271 g/mol. The molecule has 0 saturated heterocycles. The Hall–Kier alpha value is -2.49. The molecule has 0 aliphatic heterocycles. The molecule has 0 heterocycles. The number of anilines is 1. The van der Waals surface area contributed by atoms with Gasteiger partial charge in [0, 0.05) is 5.69 Å². The van der Waals surface area contributed by atoms with Crippen molar-refractivity contribution in [2.45, 2.75) is 6.42 Å². The molecular weight excluding hydrogens is 254 g/mol. The fourth-order valence-electron chi connectivity index (χ4n) is 1.90. The number of methoxy groups -OCH3 is 2. The minimum Gasteiger partial charge on any atom is -0.493 e. The summed E-state index contributed by atoms with van der Waals surface area (Å²) in [6.07, 6.45) is 0.287. The normalized spacial score (nSPS) is 9.90. The molecule has 0 unspecified atom stereocenters. The van der Waals surface area contributed by atoms with Crippen LogP contribution in [0, 0.1) is 0 Å². The van der Waals surface area contributed by atoms with E-state index in [1.165, 1.54) is 0 Å². The van der Waals surface area contributed by atoms with Crippen molar-refractivity contribution in [1.82, 2.24) is 0 Å². The number of amides is 1. The SMILES string of the molecule is COc1ccc(CC(=O)Nc2ccccc2)cc1OC. The smallest absolute Gasteiger partial charge is 0.228 e. The Morgan fingerprint density at radius 2 is 1.70 bits per heavy atom. The van der Waals surface area contributed by atoms with Crippen LogP contribution < -0.4 is 14.8 Å². The third-order valence-electron chi connectivity index (χ3n) is 2.87. The van der Waals surface area contributed by atoms with E-state index >= 15 is 0 Å². The Morgan fingerprint density at radius 1 is 1.00 bits per heavy atom. The third kappa shape index (κ3) is 3.51. The first-order chi connectivity index (χ1) is 9.72. The van der Waals surface area contributed by atoms with Crippen LogP contribution in [-0.4, -0.2) is 20.1 Å². The highest BCUT2D eigenvalue weighted by Crippen LogP contribution is 2.27. The Bertz CT molecular complexity index is 582. The standard InChI is InChI=1S/C16H17NO3/c1-19-14-9-8-12(10-15(14)20-2)11-16(18)17-13-6-4-3-5-7-13/h3-10H,11H2,1-2H3,(H,17,18). The van der Waals surface area contributed by atoms with E-state index in [0.29, 0.717) is 11.5 Å². The molecule has 20 heavy (non-hydrogen) atoms. The molecule has 1 N–H and O–H groups in total. The van der Waals surface area contributed by atoms with Gasteiger partial charge in [-0.05, 0) is 29.8 Å². The second kappa shape index (κ2) is 6.61. The molecule has 2 rings (SSSR count). The van der Waals surface area contributed by atoms with E-state index in [1.807, 2.05) is 42.5 Å². The lowest BCUT2D eigenvalue weighted by atomic mass is 10.1. The summed E-state index contributed by atoms with van der Waals surface area (Å²) in [4.78, 5) is 12.0. The second-order valence-corrected chi connectivity index (χ2v) is 4.28. The first kappa shape index (κ1) is 13.9. The van der Waals surface area contributed by atoms with E-state index in [1.54, 1.807) is 20.3 Å². The zero-order chi connectivity index (χ0) is 14.4. The number of hydrogen-bond acceptors (Lipinski definition) is 3. The maximum atomic E-state index is 12.0. The van der Waals surface area contributed by atoms with Crippen LogP contribution in [0.15, 0.2) is 48.5 Å². The van der Waals surface area contributed by atoms with Crippen LogP contribution in [-0.2, 0) is 11.2 Å². The van der Waals surface area contributed by atoms with Crippen LogP contribution in [0.5, 0.6) is 11.5 Å². The van der Waals surface area contributed by atoms with Crippen molar-refractivity contribution in [2.75, 3.05) is 19.5 Å². The zero-order valence-electron chi connectivity index (χ0n) is 11.6. The Kier molecular flexibility index (Phi) is 4.60. The van der Waals surface area contributed by atoms with E-state index in [-0.39, 0.29) is 12.3 Å². The number of carbonyl (C=O) groups is 1. The molecule has 4 nitrogen and oxygen atoms in total. The molecular formula is C16H17NO3. The molecule has 0 fully saturated rings. The van der Waals surface area contributed by atoms with E-state index in [2.05, 4.69) is 5.32 Å². The number of rotatable bonds is 5. The summed E-state index contributed by atoms with van der Waals surface area (Å²) in [5, 5.41) is 2.85. The summed E-state index contributed by atoms with van der Waals surface area (Å²) >= 11 is 0. The van der Waals surface area contributed by atoms with Crippen LogP contribution in [0.3, 0.4) is 0 Å². The van der Waals surface area contributed by atoms with Crippen molar-refractivity contribution in [3.05, 3.63) is 54.1 Å². The maximum absolute atomic E-state index is 12.0. The third-order valence-corrected chi connectivity index (χ3v) is 2.87. The van der Waals surface area contributed by atoms with Crippen molar-refractivity contribution in [3.63, 3.8) is 0 Å². The largest absolute Gasteiger partial charge is 0.493 e. The quantitative estimate of drug-likeness (QED) is 0.909. The van der Waals surface area contributed by atoms with Gasteiger partial charge in [-0.2, -0.15) is 0 Å². The summed E-state index contributed by atoms with van der Waals surface area (Å²) < 4.78 is 10.4. The van der Waals surface area contributed by atoms with Crippen LogP contribution in [0.25, 0.3) is 0 Å². The number of carbonyl (C=O) groups excluding carboxylic acids is 1. The fourth-order valence-corrected chi connectivity index (χ4v) is 1.90. The van der Waals surface area contributed by atoms with Gasteiger partial charge < -0.3 is 14.8 Å². The van der Waals surface area contributed by atoms with Crippen molar-refractivity contribution in [2.24, 2.45) is 0 Å². The molecule has 0 spiro atoms. The number of hydrogen-bond donors (Lipinski definition) is 1. The number of benzene rings is 2. The number of para-hydroxylation sites is 1. The Labute approximate surface area is 118 Å². The summed E-state index contributed by atoms with van der Waals surface area (Å²) in [6.45, 7) is 0. The minimum atomic E-state index is -0.0663. The molecule has 0 aromatic heterocycles. The predicted molar refractivity (Wildman–Crippen MR) is 78.3 cm³/mol. The topological polar surface area (TPSA) is 47.6 Å². The van der Waals surface area contributed by atoms with Crippen molar-refractivity contribution >= 4 is 11.6 Å². The minimum absolute atomic E-state index is 0.0663. The lowest BCUT2D eigenvalue weighted by Crippen LogP contribution is -2.14. The maximum Gasteiger partial charge on any atom is 0.228 e. The second-order valence-electron chi connectivity index (χ2n) is 4.28. The van der Waals surface area contributed by atoms with E-state index in [0.717, 1.165) is 11.3 Å². The highest BCUT2D eigenvalue weighted by molar-refractivity contribution is 5.92. The first-order valence-corrected chi connectivity index (χ1v) is 6.28. The summed E-state index contributed by atoms with van der Waals surface area (Å²) in [7, 11) is 3.16. The molecule has 1 amide bonds. The van der Waals surface area contributed by atoms with Gasteiger partial charge in [-0.3, -0.25) is 4.79 Å². The lowest BCUT2D eigenvalue weighted by Gasteiger charge is -2.10. The van der Waals surface area contributed by atoms with E-state index < -0.39 is 0 Å². The first-order valence-electron chi connectivity index (χ1n) is 6.28. The predicted octanol–water partition coefficient (Wildman–Crippen LogP) is 2.89. The zero-order valence-corrected chi connectivity index (χ0v) is 11.6. The van der Waals surface area contributed by atoms with Crippen LogP contribution >= 0.6 is 0 Å². The molecule has 0 saturated carbocycles. The Balaban J connectivity index is 2.04. The van der Waals surface area contributed by atoms with Gasteiger partial charge >= 0.3 is 0 Å². The Morgan fingerprint density at radius 3 is 2.35 bits per heavy atom. The van der Waals surface area contributed by atoms with Gasteiger partial charge in [0.05, 0.1) is 20.6 Å². The fraction of sp³-hybridized carbons (Fsp3) is 0.188. The number of ether oxygens (including phenoxy) is 2. The number of nitrogens with one attached hydrogen (secondary N) is 1. The summed E-state index contributed by atoms with van der Waals surface area (Å²) in [5.74, 6) is 1.21. The van der Waals surface area contributed by atoms with Gasteiger partial charge in [0.25, 0.3) is 0 Å². The molecule has 0 atom stereocenters. The van der Waals surface area contributed by atoms with Gasteiger partial charge in [-0.15, -0.1) is 0 Å². The van der Waals surface area contributed by atoms with Crippen molar-refractivity contribution in [3.8, 4) is 11.5 Å². The molecule has 2 aromatic carbocycles. The highest BCUT2D eigenvalue weighted by Gasteiger charge is 2.08. The van der Waals surface area contributed by atoms with Crippen LogP contribution in [0.1, 0.15) is 5.56 Å². The van der Waals surface area contributed by atoms with Gasteiger partial charge in [0.15, 0.2) is 11.5 Å². The summed E-state index contributed by atoms with van der Waals surface area (Å²) in [5.41, 5.74) is 1.66. The van der Waals surface area contributed by atoms with Gasteiger partial charge in [-0.25, -0.2) is 0 Å². The van der Waals surface area contributed by atoms with Crippen molar-refractivity contribution < 1.29 is 14.3 Å². The molecule has 4 heteroatoms. The van der Waals surface area contributed by atoms with Crippen LogP contribution in [0.2, 0.25) is 0 Å². The molecule has 104 valence electrons. The molecule has 0 bridgehead atoms. The van der Waals surface area contributed by atoms with Gasteiger partial charge in [0.1, 0.15) is 0 Å². The monoisotopic (exact) mass is 271 g/mol. The average Bonchev–Trinajstić information content (AvgIpc) is 2.48. The lowest BCUT2D eigenvalue weighted by molar-refractivity contribution is -0.115. The molecule has 2 aromatic rings. The molecule has 0 radical (unpaired) electrons. The van der Waals surface area contributed by atoms with Crippen molar-refractivity contribution in [1.29, 1.82) is 0 Å². The molecule has 0 aliphatic carbocycles. The van der Waals surface area contributed by atoms with Gasteiger partial charge in [0.2, 0.25) is 5.91 Å². The van der Waals surface area contributed by atoms with Crippen LogP contribution in [0.4, 0.5) is 5.69 Å². The summed E-state index contributed by atoms with van der Waals surface area (Å²) in [6, 6.07) is 14.8.